The number of nitriles is 1. The fourth-order valence-electron chi connectivity index (χ4n) is 1.75. The molecule has 1 heterocycles. The van der Waals surface area contributed by atoms with Crippen LogP contribution in [0, 0.1) is 11.3 Å². The fraction of sp³-hybridized carbons (Fsp3) is 0.923. The number of hydrogen-bond acceptors (Lipinski definition) is 4. The van der Waals surface area contributed by atoms with Gasteiger partial charge in [-0.1, -0.05) is 0 Å². The number of ether oxygens (including phenoxy) is 3. The zero-order valence-electron chi connectivity index (χ0n) is 10.5. The summed E-state index contributed by atoms with van der Waals surface area (Å²) < 4.78 is 16.4. The third kappa shape index (κ3) is 8.14. The minimum atomic E-state index is 0.331. The van der Waals surface area contributed by atoms with Gasteiger partial charge in [-0.25, -0.2) is 0 Å². The highest BCUT2D eigenvalue weighted by Crippen LogP contribution is 2.11. The lowest BCUT2D eigenvalue weighted by atomic mass is 10.2. The van der Waals surface area contributed by atoms with Crippen molar-refractivity contribution in [1.29, 1.82) is 5.26 Å². The molecule has 0 N–H and O–H groups in total. The van der Waals surface area contributed by atoms with E-state index in [0.29, 0.717) is 19.1 Å². The van der Waals surface area contributed by atoms with Gasteiger partial charge in [0.2, 0.25) is 0 Å². The van der Waals surface area contributed by atoms with Crippen LogP contribution in [0.25, 0.3) is 0 Å². The van der Waals surface area contributed by atoms with Crippen LogP contribution in [-0.4, -0.2) is 39.1 Å². The second kappa shape index (κ2) is 10.5. The Morgan fingerprint density at radius 2 is 1.88 bits per heavy atom. The van der Waals surface area contributed by atoms with Gasteiger partial charge in [-0.3, -0.25) is 0 Å². The summed E-state index contributed by atoms with van der Waals surface area (Å²) in [6.07, 6.45) is 6.13. The van der Waals surface area contributed by atoms with Gasteiger partial charge in [0.25, 0.3) is 0 Å². The molecule has 0 aliphatic carbocycles. The molecule has 1 aliphatic rings. The van der Waals surface area contributed by atoms with Crippen molar-refractivity contribution >= 4 is 0 Å². The quantitative estimate of drug-likeness (QED) is 0.551. The summed E-state index contributed by atoms with van der Waals surface area (Å²) in [6, 6.07) is 2.10. The van der Waals surface area contributed by atoms with Crippen LogP contribution >= 0.6 is 0 Å². The number of unbranched alkanes of at least 4 members (excludes halogenated alkanes) is 2. The average Bonchev–Trinajstić information content (AvgIpc) is 2.85. The van der Waals surface area contributed by atoms with E-state index in [4.69, 9.17) is 19.5 Å². The average molecular weight is 241 g/mol. The topological polar surface area (TPSA) is 51.5 Å². The highest BCUT2D eigenvalue weighted by molar-refractivity contribution is 4.67. The third-order valence-electron chi connectivity index (χ3n) is 2.73. The number of hydrogen-bond donors (Lipinski definition) is 0. The lowest BCUT2D eigenvalue weighted by molar-refractivity contribution is 0.0142. The number of nitrogens with zero attached hydrogens (tertiary/aromatic N) is 1. The van der Waals surface area contributed by atoms with E-state index in [0.717, 1.165) is 52.1 Å². The maximum absolute atomic E-state index is 8.32. The standard InChI is InChI=1S/C13H23NO3/c14-7-1-2-8-15-9-3-4-10-16-12-13-6-5-11-17-13/h13H,1-6,8-12H2. The molecule has 1 fully saturated rings. The van der Waals surface area contributed by atoms with Crippen LogP contribution in [0.3, 0.4) is 0 Å². The van der Waals surface area contributed by atoms with Crippen molar-refractivity contribution in [3.05, 3.63) is 0 Å². The van der Waals surface area contributed by atoms with Crippen LogP contribution in [0.15, 0.2) is 0 Å². The summed E-state index contributed by atoms with van der Waals surface area (Å²) in [4.78, 5) is 0. The van der Waals surface area contributed by atoms with Crippen LogP contribution in [0.5, 0.6) is 0 Å². The first-order valence-corrected chi connectivity index (χ1v) is 6.57. The summed E-state index contributed by atoms with van der Waals surface area (Å²) in [6.45, 7) is 3.90. The van der Waals surface area contributed by atoms with Crippen LogP contribution < -0.4 is 0 Å². The molecule has 0 radical (unpaired) electrons. The van der Waals surface area contributed by atoms with Crippen molar-refractivity contribution < 1.29 is 14.2 Å². The summed E-state index contributed by atoms with van der Waals surface area (Å²) in [7, 11) is 0. The van der Waals surface area contributed by atoms with Gasteiger partial charge in [0.1, 0.15) is 0 Å². The largest absolute Gasteiger partial charge is 0.381 e. The first kappa shape index (κ1) is 14.4. The lowest BCUT2D eigenvalue weighted by Gasteiger charge is -2.09. The van der Waals surface area contributed by atoms with E-state index in [2.05, 4.69) is 6.07 Å². The molecule has 17 heavy (non-hydrogen) atoms. The van der Waals surface area contributed by atoms with Crippen LogP contribution in [0.2, 0.25) is 0 Å². The van der Waals surface area contributed by atoms with E-state index in [1.807, 2.05) is 0 Å². The Labute approximate surface area is 104 Å². The van der Waals surface area contributed by atoms with E-state index >= 15 is 0 Å². The molecule has 1 atom stereocenters. The van der Waals surface area contributed by atoms with Gasteiger partial charge in [-0.05, 0) is 32.1 Å². The van der Waals surface area contributed by atoms with Crippen molar-refractivity contribution in [2.75, 3.05) is 33.0 Å². The van der Waals surface area contributed by atoms with E-state index in [-0.39, 0.29) is 0 Å². The zero-order chi connectivity index (χ0) is 12.2. The SMILES string of the molecule is N#CCCCOCCCCOCC1CCCO1. The predicted octanol–water partition coefficient (Wildman–Crippen LogP) is 2.28. The summed E-state index contributed by atoms with van der Waals surface area (Å²) in [5.74, 6) is 0. The van der Waals surface area contributed by atoms with E-state index in [1.54, 1.807) is 0 Å². The Hall–Kier alpha value is -0.630. The maximum atomic E-state index is 8.32. The molecule has 1 rings (SSSR count). The fourth-order valence-corrected chi connectivity index (χ4v) is 1.75. The minimum Gasteiger partial charge on any atom is -0.381 e. The Morgan fingerprint density at radius 3 is 2.59 bits per heavy atom. The first-order valence-electron chi connectivity index (χ1n) is 6.57. The lowest BCUT2D eigenvalue weighted by Crippen LogP contribution is -2.14. The molecule has 0 aromatic rings. The highest BCUT2D eigenvalue weighted by Gasteiger charge is 2.14. The molecule has 0 aromatic heterocycles. The molecular formula is C13H23NO3. The van der Waals surface area contributed by atoms with Crippen LogP contribution in [-0.2, 0) is 14.2 Å². The molecule has 0 saturated carbocycles. The second-order valence-electron chi connectivity index (χ2n) is 4.29. The molecule has 4 heteroatoms. The van der Waals surface area contributed by atoms with Crippen molar-refractivity contribution in [3.63, 3.8) is 0 Å². The summed E-state index contributed by atoms with van der Waals surface area (Å²) in [5.41, 5.74) is 0. The third-order valence-corrected chi connectivity index (χ3v) is 2.73. The molecule has 1 unspecified atom stereocenters. The van der Waals surface area contributed by atoms with Crippen LogP contribution in [0.1, 0.15) is 38.5 Å². The molecule has 0 spiro atoms. The van der Waals surface area contributed by atoms with Gasteiger partial charge in [0.15, 0.2) is 0 Å². The van der Waals surface area contributed by atoms with Gasteiger partial charge in [-0.15, -0.1) is 0 Å². The van der Waals surface area contributed by atoms with Gasteiger partial charge >= 0.3 is 0 Å². The normalized spacial score (nSPS) is 19.4. The molecule has 98 valence electrons. The first-order chi connectivity index (χ1) is 8.43. The maximum Gasteiger partial charge on any atom is 0.0809 e. The van der Waals surface area contributed by atoms with E-state index in [1.165, 1.54) is 6.42 Å². The molecular weight excluding hydrogens is 218 g/mol. The van der Waals surface area contributed by atoms with Crippen LogP contribution in [0.4, 0.5) is 0 Å². The van der Waals surface area contributed by atoms with Crippen molar-refractivity contribution in [2.45, 2.75) is 44.6 Å². The summed E-state index contributed by atoms with van der Waals surface area (Å²) >= 11 is 0. The smallest absolute Gasteiger partial charge is 0.0809 e. The molecule has 0 bridgehead atoms. The Balaban J connectivity index is 1.71. The Kier molecular flexibility index (Phi) is 8.93. The van der Waals surface area contributed by atoms with Crippen molar-refractivity contribution in [2.24, 2.45) is 0 Å². The van der Waals surface area contributed by atoms with Gasteiger partial charge in [-0.2, -0.15) is 5.26 Å². The zero-order valence-corrected chi connectivity index (χ0v) is 10.5. The Bertz CT molecular complexity index is 209. The second-order valence-corrected chi connectivity index (χ2v) is 4.29. The summed E-state index contributed by atoms with van der Waals surface area (Å²) in [5, 5.41) is 8.32. The molecule has 4 nitrogen and oxygen atoms in total. The Morgan fingerprint density at radius 1 is 1.12 bits per heavy atom. The monoisotopic (exact) mass is 241 g/mol. The van der Waals surface area contributed by atoms with E-state index in [9.17, 15) is 0 Å². The van der Waals surface area contributed by atoms with Crippen molar-refractivity contribution in [3.8, 4) is 6.07 Å². The highest BCUT2D eigenvalue weighted by atomic mass is 16.5. The molecule has 0 aromatic carbocycles. The van der Waals surface area contributed by atoms with E-state index < -0.39 is 0 Å². The van der Waals surface area contributed by atoms with Crippen molar-refractivity contribution in [1.82, 2.24) is 0 Å². The number of rotatable bonds is 10. The molecule has 1 aliphatic heterocycles. The predicted molar refractivity (Wildman–Crippen MR) is 64.7 cm³/mol. The molecule has 0 amide bonds. The molecule has 1 saturated heterocycles. The van der Waals surface area contributed by atoms with Gasteiger partial charge < -0.3 is 14.2 Å². The minimum absolute atomic E-state index is 0.331. The van der Waals surface area contributed by atoms with Gasteiger partial charge in [0.05, 0.1) is 18.8 Å². The van der Waals surface area contributed by atoms with Gasteiger partial charge in [0, 0.05) is 32.8 Å².